The summed E-state index contributed by atoms with van der Waals surface area (Å²) >= 11 is 0. The maximum atomic E-state index is 11.9. The van der Waals surface area contributed by atoms with E-state index in [1.165, 1.54) is 25.7 Å². The minimum atomic E-state index is -0.221. The Hall–Kier alpha value is -0.570. The fourth-order valence-electron chi connectivity index (χ4n) is 2.98. The van der Waals surface area contributed by atoms with Gasteiger partial charge in [0.15, 0.2) is 0 Å². The van der Waals surface area contributed by atoms with E-state index in [0.29, 0.717) is 17.8 Å². The van der Waals surface area contributed by atoms with E-state index in [9.17, 15) is 4.79 Å². The minimum absolute atomic E-state index is 0.150. The number of rotatable bonds is 4. The molecule has 1 atom stereocenters. The quantitative estimate of drug-likeness (QED) is 0.789. The lowest BCUT2D eigenvalue weighted by Crippen LogP contribution is -2.46. The Kier molecular flexibility index (Phi) is 3.48. The average Bonchev–Trinajstić information content (AvgIpc) is 2.84. The van der Waals surface area contributed by atoms with Gasteiger partial charge < -0.3 is 11.1 Å². The highest BCUT2D eigenvalue weighted by molar-refractivity contribution is 5.77. The average molecular weight is 238 g/mol. The Morgan fingerprint density at radius 1 is 1.29 bits per heavy atom. The molecular weight excluding hydrogens is 212 g/mol. The zero-order chi connectivity index (χ0) is 12.5. The highest BCUT2D eigenvalue weighted by Crippen LogP contribution is 2.50. The lowest BCUT2D eigenvalue weighted by atomic mass is 9.80. The van der Waals surface area contributed by atoms with Gasteiger partial charge in [-0.2, -0.15) is 0 Å². The molecule has 0 aliphatic heterocycles. The molecule has 3 heteroatoms. The second kappa shape index (κ2) is 4.60. The molecule has 0 radical (unpaired) electrons. The van der Waals surface area contributed by atoms with Gasteiger partial charge in [0.25, 0.3) is 0 Å². The van der Waals surface area contributed by atoms with Crippen molar-refractivity contribution in [2.24, 2.45) is 17.1 Å². The number of amides is 1. The van der Waals surface area contributed by atoms with E-state index >= 15 is 0 Å². The molecule has 0 aromatic rings. The smallest absolute Gasteiger partial charge is 0.221 e. The van der Waals surface area contributed by atoms with E-state index in [2.05, 4.69) is 19.2 Å². The highest BCUT2D eigenvalue weighted by atomic mass is 16.1. The molecule has 0 spiro atoms. The third-order valence-electron chi connectivity index (χ3n) is 4.63. The molecule has 0 heterocycles. The lowest BCUT2D eigenvalue weighted by Gasteiger charge is -2.32. The van der Waals surface area contributed by atoms with Gasteiger partial charge in [-0.3, -0.25) is 4.79 Å². The van der Waals surface area contributed by atoms with Crippen molar-refractivity contribution >= 4 is 5.91 Å². The van der Waals surface area contributed by atoms with Gasteiger partial charge in [-0.15, -0.1) is 0 Å². The minimum Gasteiger partial charge on any atom is -0.356 e. The van der Waals surface area contributed by atoms with E-state index in [0.717, 1.165) is 19.4 Å². The van der Waals surface area contributed by atoms with Gasteiger partial charge in [0.2, 0.25) is 5.91 Å². The van der Waals surface area contributed by atoms with E-state index in [4.69, 9.17) is 5.73 Å². The monoisotopic (exact) mass is 238 g/mol. The molecule has 1 amide bonds. The zero-order valence-corrected chi connectivity index (χ0v) is 11.2. The number of nitrogens with one attached hydrogen (secondary N) is 1. The molecule has 0 bridgehead atoms. The first-order valence-corrected chi connectivity index (χ1v) is 6.97. The number of carbonyl (C=O) groups is 1. The van der Waals surface area contributed by atoms with E-state index in [1.54, 1.807) is 0 Å². The van der Waals surface area contributed by atoms with E-state index in [1.807, 2.05) is 0 Å². The van der Waals surface area contributed by atoms with Crippen molar-refractivity contribution in [2.75, 3.05) is 6.54 Å². The first-order valence-electron chi connectivity index (χ1n) is 6.97. The van der Waals surface area contributed by atoms with Crippen LogP contribution in [0.25, 0.3) is 0 Å². The third-order valence-corrected chi connectivity index (χ3v) is 4.63. The summed E-state index contributed by atoms with van der Waals surface area (Å²) in [5.74, 6) is 0.823. The fraction of sp³-hybridized carbons (Fsp3) is 0.929. The number of nitrogens with two attached hydrogens (primary N) is 1. The zero-order valence-electron chi connectivity index (χ0n) is 11.2. The van der Waals surface area contributed by atoms with Gasteiger partial charge in [-0.25, -0.2) is 0 Å². The van der Waals surface area contributed by atoms with Gasteiger partial charge >= 0.3 is 0 Å². The van der Waals surface area contributed by atoms with Crippen LogP contribution >= 0.6 is 0 Å². The molecule has 2 saturated carbocycles. The standard InChI is InChI=1S/C14H26N2O/c1-13(2)8-11(13)10-16-12(17)9-14(15)6-4-3-5-7-14/h11H,3-10,15H2,1-2H3,(H,16,17). The number of hydrogen-bond acceptors (Lipinski definition) is 2. The Morgan fingerprint density at radius 2 is 1.88 bits per heavy atom. The van der Waals surface area contributed by atoms with Gasteiger partial charge in [-0.05, 0) is 30.6 Å². The fourth-order valence-corrected chi connectivity index (χ4v) is 2.98. The van der Waals surface area contributed by atoms with Crippen molar-refractivity contribution in [3.63, 3.8) is 0 Å². The Labute approximate surface area is 105 Å². The highest BCUT2D eigenvalue weighted by Gasteiger charge is 2.45. The maximum Gasteiger partial charge on any atom is 0.221 e. The summed E-state index contributed by atoms with van der Waals surface area (Å²) in [6.45, 7) is 5.35. The van der Waals surface area contributed by atoms with Crippen molar-refractivity contribution in [1.82, 2.24) is 5.32 Å². The van der Waals surface area contributed by atoms with Crippen molar-refractivity contribution in [3.8, 4) is 0 Å². The molecule has 3 N–H and O–H groups in total. The molecular formula is C14H26N2O. The van der Waals surface area contributed by atoms with E-state index in [-0.39, 0.29) is 11.4 Å². The molecule has 2 rings (SSSR count). The first-order chi connectivity index (χ1) is 7.91. The first kappa shape index (κ1) is 12.9. The normalized spacial score (nSPS) is 29.7. The lowest BCUT2D eigenvalue weighted by molar-refractivity contribution is -0.122. The summed E-state index contributed by atoms with van der Waals surface area (Å²) in [4.78, 5) is 11.9. The van der Waals surface area contributed by atoms with Crippen LogP contribution in [-0.2, 0) is 4.79 Å². The van der Waals surface area contributed by atoms with Crippen LogP contribution in [0.1, 0.15) is 58.8 Å². The predicted molar refractivity (Wildman–Crippen MR) is 69.5 cm³/mol. The second-order valence-corrected chi connectivity index (χ2v) is 6.79. The van der Waals surface area contributed by atoms with Gasteiger partial charge in [0.1, 0.15) is 0 Å². The molecule has 0 aromatic heterocycles. The van der Waals surface area contributed by atoms with Crippen molar-refractivity contribution in [3.05, 3.63) is 0 Å². The molecule has 2 fully saturated rings. The summed E-state index contributed by atoms with van der Waals surface area (Å²) in [6, 6.07) is 0. The predicted octanol–water partition coefficient (Wildman–Crippen LogP) is 2.20. The van der Waals surface area contributed by atoms with Gasteiger partial charge in [0.05, 0.1) is 0 Å². The van der Waals surface area contributed by atoms with Crippen molar-refractivity contribution in [1.29, 1.82) is 0 Å². The Bertz CT molecular complexity index is 293. The summed E-state index contributed by atoms with van der Waals surface area (Å²) in [6.07, 6.45) is 7.40. The number of hydrogen-bond donors (Lipinski definition) is 2. The topological polar surface area (TPSA) is 55.1 Å². The molecule has 2 aliphatic rings. The van der Waals surface area contributed by atoms with Crippen LogP contribution in [0.4, 0.5) is 0 Å². The van der Waals surface area contributed by atoms with Gasteiger partial charge in [-0.1, -0.05) is 33.1 Å². The largest absolute Gasteiger partial charge is 0.356 e. The Morgan fingerprint density at radius 3 is 2.41 bits per heavy atom. The van der Waals surface area contributed by atoms with E-state index < -0.39 is 0 Å². The van der Waals surface area contributed by atoms with Crippen LogP contribution in [0, 0.1) is 11.3 Å². The maximum absolute atomic E-state index is 11.9. The number of carbonyl (C=O) groups excluding carboxylic acids is 1. The van der Waals surface area contributed by atoms with Crippen molar-refractivity contribution in [2.45, 2.75) is 64.3 Å². The molecule has 0 saturated heterocycles. The molecule has 2 aliphatic carbocycles. The van der Waals surface area contributed by atoms with Crippen LogP contribution < -0.4 is 11.1 Å². The van der Waals surface area contributed by atoms with Crippen LogP contribution in [0.2, 0.25) is 0 Å². The molecule has 1 unspecified atom stereocenters. The van der Waals surface area contributed by atoms with Crippen LogP contribution in [-0.4, -0.2) is 18.0 Å². The van der Waals surface area contributed by atoms with Crippen LogP contribution in [0.3, 0.4) is 0 Å². The van der Waals surface area contributed by atoms with Crippen LogP contribution in [0.5, 0.6) is 0 Å². The molecule has 0 aromatic carbocycles. The molecule has 98 valence electrons. The SMILES string of the molecule is CC1(C)CC1CNC(=O)CC1(N)CCCCC1. The molecule has 17 heavy (non-hydrogen) atoms. The summed E-state index contributed by atoms with van der Waals surface area (Å²) < 4.78 is 0. The van der Waals surface area contributed by atoms with Crippen LogP contribution in [0.15, 0.2) is 0 Å². The second-order valence-electron chi connectivity index (χ2n) is 6.79. The summed E-state index contributed by atoms with van der Waals surface area (Å²) in [5.41, 5.74) is 6.50. The Balaban J connectivity index is 1.70. The summed E-state index contributed by atoms with van der Waals surface area (Å²) in [5, 5.41) is 3.05. The van der Waals surface area contributed by atoms with Crippen molar-refractivity contribution < 1.29 is 4.79 Å². The third kappa shape index (κ3) is 3.44. The van der Waals surface area contributed by atoms with Gasteiger partial charge in [0, 0.05) is 18.5 Å². The summed E-state index contributed by atoms with van der Waals surface area (Å²) in [7, 11) is 0. The molecule has 3 nitrogen and oxygen atoms in total.